The number of nitrogens with one attached hydrogen (secondary N) is 4. The molecule has 38 heavy (non-hydrogen) atoms. The Hall–Kier alpha value is -0.440. The van der Waals surface area contributed by atoms with Gasteiger partial charge >= 0.3 is 0 Å². The fourth-order valence-corrected chi connectivity index (χ4v) is 5.97. The first-order chi connectivity index (χ1) is 18.8. The second-order valence-corrected chi connectivity index (χ2v) is 10.9. The minimum Gasteiger partial charge on any atom is -0.396 e. The number of piperazine rings is 3. The Kier molecular flexibility index (Phi) is 17.3. The SMILES string of the molecule is C1CN(CCN2CCOCC2)CCN1.C1CNCCN1.OCCC1CCCCN1C1CNCCN1CCO. The molecule has 5 rings (SSSR count). The first-order valence-corrected chi connectivity index (χ1v) is 15.4. The predicted octanol–water partition coefficient (Wildman–Crippen LogP) is -2.15. The highest BCUT2D eigenvalue weighted by molar-refractivity contribution is 4.87. The molecule has 5 fully saturated rings. The molecule has 11 nitrogen and oxygen atoms in total. The minimum absolute atomic E-state index is 0.231. The first-order valence-electron chi connectivity index (χ1n) is 15.4. The highest BCUT2D eigenvalue weighted by Gasteiger charge is 2.33. The van der Waals surface area contributed by atoms with E-state index < -0.39 is 0 Å². The van der Waals surface area contributed by atoms with E-state index in [0.29, 0.717) is 12.2 Å². The van der Waals surface area contributed by atoms with E-state index in [-0.39, 0.29) is 13.2 Å². The van der Waals surface area contributed by atoms with Gasteiger partial charge in [0.25, 0.3) is 0 Å². The number of likely N-dealkylation sites (tertiary alicyclic amines) is 1. The number of hydrogen-bond donors (Lipinski definition) is 6. The van der Waals surface area contributed by atoms with Crippen molar-refractivity contribution in [2.24, 2.45) is 0 Å². The van der Waals surface area contributed by atoms with Crippen molar-refractivity contribution in [3.8, 4) is 0 Å². The van der Waals surface area contributed by atoms with E-state index in [2.05, 4.69) is 40.9 Å². The van der Waals surface area contributed by atoms with Gasteiger partial charge in [-0.15, -0.1) is 0 Å². The molecule has 5 aliphatic rings. The molecule has 0 aliphatic carbocycles. The van der Waals surface area contributed by atoms with Crippen molar-refractivity contribution in [2.75, 3.05) is 138 Å². The molecule has 0 radical (unpaired) electrons. The van der Waals surface area contributed by atoms with Crippen LogP contribution in [0.2, 0.25) is 0 Å². The third-order valence-corrected chi connectivity index (χ3v) is 8.23. The van der Waals surface area contributed by atoms with Crippen LogP contribution >= 0.6 is 0 Å². The molecular formula is C27H58N8O3. The summed E-state index contributed by atoms with van der Waals surface area (Å²) in [6.07, 6.45) is 5.00. The number of ether oxygens (including phenoxy) is 1. The van der Waals surface area contributed by atoms with Gasteiger partial charge in [0.2, 0.25) is 0 Å². The average Bonchev–Trinajstić information content (AvgIpc) is 3.00. The molecule has 0 bridgehead atoms. The quantitative estimate of drug-likeness (QED) is 0.202. The molecule has 224 valence electrons. The number of hydrogen-bond acceptors (Lipinski definition) is 11. The van der Waals surface area contributed by atoms with Gasteiger partial charge in [0, 0.05) is 117 Å². The summed E-state index contributed by atoms with van der Waals surface area (Å²) >= 11 is 0. The monoisotopic (exact) mass is 542 g/mol. The maximum Gasteiger partial charge on any atom is 0.0754 e. The topological polar surface area (TPSA) is 111 Å². The second-order valence-electron chi connectivity index (χ2n) is 10.9. The largest absolute Gasteiger partial charge is 0.396 e. The van der Waals surface area contributed by atoms with Crippen molar-refractivity contribution in [1.82, 2.24) is 40.9 Å². The van der Waals surface area contributed by atoms with Crippen LogP contribution in [-0.4, -0.2) is 180 Å². The van der Waals surface area contributed by atoms with Gasteiger partial charge < -0.3 is 36.2 Å². The van der Waals surface area contributed by atoms with Crippen molar-refractivity contribution >= 4 is 0 Å². The van der Waals surface area contributed by atoms with Crippen molar-refractivity contribution in [3.05, 3.63) is 0 Å². The van der Waals surface area contributed by atoms with Gasteiger partial charge in [0.15, 0.2) is 0 Å². The van der Waals surface area contributed by atoms with E-state index in [1.807, 2.05) is 0 Å². The lowest BCUT2D eigenvalue weighted by molar-refractivity contribution is -0.0305. The van der Waals surface area contributed by atoms with E-state index in [0.717, 1.165) is 105 Å². The van der Waals surface area contributed by atoms with Gasteiger partial charge in [0.1, 0.15) is 0 Å². The van der Waals surface area contributed by atoms with Crippen LogP contribution in [0.5, 0.6) is 0 Å². The number of morpholine rings is 1. The highest BCUT2D eigenvalue weighted by atomic mass is 16.5. The van der Waals surface area contributed by atoms with Crippen molar-refractivity contribution in [3.63, 3.8) is 0 Å². The summed E-state index contributed by atoms with van der Waals surface area (Å²) in [5.74, 6) is 0. The molecule has 11 heteroatoms. The molecule has 0 aromatic heterocycles. The molecule has 5 heterocycles. The fraction of sp³-hybridized carbons (Fsp3) is 1.00. The normalized spacial score (nSPS) is 28.6. The summed E-state index contributed by atoms with van der Waals surface area (Å²) in [4.78, 5) is 9.98. The summed E-state index contributed by atoms with van der Waals surface area (Å²) in [5, 5.41) is 31.7. The summed E-state index contributed by atoms with van der Waals surface area (Å²) in [7, 11) is 0. The number of nitrogens with zero attached hydrogens (tertiary/aromatic N) is 4. The van der Waals surface area contributed by atoms with Crippen LogP contribution in [0.1, 0.15) is 25.7 Å². The van der Waals surface area contributed by atoms with Crippen LogP contribution in [0.25, 0.3) is 0 Å². The molecule has 2 atom stereocenters. The van der Waals surface area contributed by atoms with Crippen LogP contribution in [0.15, 0.2) is 0 Å². The molecule has 0 aromatic rings. The Labute approximate surface area is 231 Å². The van der Waals surface area contributed by atoms with Crippen LogP contribution in [0.3, 0.4) is 0 Å². The maximum absolute atomic E-state index is 9.21. The smallest absolute Gasteiger partial charge is 0.0754 e. The minimum atomic E-state index is 0.231. The molecular weight excluding hydrogens is 484 g/mol. The standard InChI is InChI=1S/C13H27N3O2.C10H21N3O.C4H10N2/c17-9-4-12-3-1-2-6-16(12)13-11-14-5-7-15(13)8-10-18;1-3-12(4-2-11-1)5-6-13-7-9-14-10-8-13;1-2-6-4-3-5-1/h12-14,17-18H,1-11H2;11H,1-10H2;5-6H,1-4H2. The van der Waals surface area contributed by atoms with Crippen LogP contribution in [-0.2, 0) is 4.74 Å². The predicted molar refractivity (Wildman–Crippen MR) is 154 cm³/mol. The Morgan fingerprint density at radius 1 is 0.632 bits per heavy atom. The lowest BCUT2D eigenvalue weighted by Gasteiger charge is -2.48. The zero-order valence-corrected chi connectivity index (χ0v) is 23.9. The molecule has 0 aromatic carbocycles. The lowest BCUT2D eigenvalue weighted by atomic mass is 9.98. The van der Waals surface area contributed by atoms with E-state index >= 15 is 0 Å². The molecule has 0 spiro atoms. The van der Waals surface area contributed by atoms with Crippen molar-refractivity contribution in [2.45, 2.75) is 37.9 Å². The molecule has 5 saturated heterocycles. The number of β-amino-alcohol motifs (C(OH)–C–C–N with tert-alkyl or cyclic N) is 1. The van der Waals surface area contributed by atoms with Gasteiger partial charge in [-0.1, -0.05) is 6.42 Å². The fourth-order valence-electron chi connectivity index (χ4n) is 5.97. The molecule has 2 unspecified atom stereocenters. The summed E-state index contributed by atoms with van der Waals surface area (Å²) in [6, 6.07) is 0.509. The lowest BCUT2D eigenvalue weighted by Crippen LogP contribution is -2.62. The van der Waals surface area contributed by atoms with Crippen LogP contribution in [0, 0.1) is 0 Å². The van der Waals surface area contributed by atoms with Gasteiger partial charge in [-0.25, -0.2) is 0 Å². The number of piperidine rings is 1. The second kappa shape index (κ2) is 20.4. The third kappa shape index (κ3) is 12.4. The molecule has 0 saturated carbocycles. The van der Waals surface area contributed by atoms with E-state index in [1.54, 1.807) is 0 Å². The summed E-state index contributed by atoms with van der Waals surface area (Å²) in [5.41, 5.74) is 0. The molecule has 5 aliphatic heterocycles. The Morgan fingerprint density at radius 2 is 1.26 bits per heavy atom. The van der Waals surface area contributed by atoms with E-state index in [9.17, 15) is 10.2 Å². The number of aliphatic hydroxyl groups is 2. The van der Waals surface area contributed by atoms with Gasteiger partial charge in [0.05, 0.1) is 26.0 Å². The Bertz CT molecular complexity index is 505. The van der Waals surface area contributed by atoms with Crippen molar-refractivity contribution in [1.29, 1.82) is 0 Å². The molecule has 6 N–H and O–H groups in total. The van der Waals surface area contributed by atoms with Crippen LogP contribution in [0.4, 0.5) is 0 Å². The average molecular weight is 543 g/mol. The number of aliphatic hydroxyl groups excluding tert-OH is 2. The first kappa shape index (κ1) is 32.1. The Morgan fingerprint density at radius 3 is 1.89 bits per heavy atom. The molecule has 0 amide bonds. The Balaban J connectivity index is 0.000000176. The highest BCUT2D eigenvalue weighted by Crippen LogP contribution is 2.24. The van der Waals surface area contributed by atoms with E-state index in [4.69, 9.17) is 4.74 Å². The third-order valence-electron chi connectivity index (χ3n) is 8.23. The summed E-state index contributed by atoms with van der Waals surface area (Å²) < 4.78 is 5.33. The number of rotatable bonds is 8. The zero-order chi connectivity index (χ0) is 26.7. The summed E-state index contributed by atoms with van der Waals surface area (Å²) in [6.45, 7) is 21.2. The van der Waals surface area contributed by atoms with Crippen molar-refractivity contribution < 1.29 is 14.9 Å². The zero-order valence-electron chi connectivity index (χ0n) is 23.9. The van der Waals surface area contributed by atoms with Gasteiger partial charge in [-0.05, 0) is 25.8 Å². The van der Waals surface area contributed by atoms with Gasteiger partial charge in [-0.2, -0.15) is 0 Å². The van der Waals surface area contributed by atoms with E-state index in [1.165, 1.54) is 45.4 Å². The maximum atomic E-state index is 9.21. The van der Waals surface area contributed by atoms with Crippen LogP contribution < -0.4 is 21.3 Å². The van der Waals surface area contributed by atoms with Gasteiger partial charge in [-0.3, -0.25) is 19.6 Å².